The Morgan fingerprint density at radius 1 is 1.13 bits per heavy atom. The Bertz CT molecular complexity index is 801. The van der Waals surface area contributed by atoms with Crippen LogP contribution in [-0.2, 0) is 29.3 Å². The minimum atomic E-state index is -3.53. The fraction of sp³-hybridized carbons (Fsp3) is 0.389. The maximum atomic E-state index is 13.0. The molecule has 2 aromatic rings. The summed E-state index contributed by atoms with van der Waals surface area (Å²) in [7, 11) is -3.53. The smallest absolute Gasteiger partial charge is 0.264 e. The molecule has 0 atom stereocenters. The van der Waals surface area contributed by atoms with Crippen molar-refractivity contribution in [3.63, 3.8) is 0 Å². The molecule has 0 N–H and O–H groups in total. The van der Waals surface area contributed by atoms with Gasteiger partial charge in [-0.1, -0.05) is 32.0 Å². The van der Waals surface area contributed by atoms with E-state index in [2.05, 4.69) is 13.8 Å². The van der Waals surface area contributed by atoms with Crippen LogP contribution in [0.25, 0.3) is 0 Å². The minimum Gasteiger partial charge on any atom is -0.264 e. The number of nitrogens with zero attached hydrogens (tertiary/aromatic N) is 2. The number of pyridine rings is 1. The Labute approximate surface area is 138 Å². The monoisotopic (exact) mass is 330 g/mol. The number of rotatable bonds is 4. The molecule has 23 heavy (non-hydrogen) atoms. The Kier molecular flexibility index (Phi) is 4.39. The van der Waals surface area contributed by atoms with Gasteiger partial charge in [0.1, 0.15) is 0 Å². The molecule has 3 rings (SSSR count). The van der Waals surface area contributed by atoms with Crippen molar-refractivity contribution < 1.29 is 8.42 Å². The quantitative estimate of drug-likeness (QED) is 0.864. The first-order valence-electron chi connectivity index (χ1n) is 8.17. The van der Waals surface area contributed by atoms with E-state index in [-0.39, 0.29) is 0 Å². The molecule has 0 amide bonds. The molecule has 0 bridgehead atoms. The second-order valence-corrected chi connectivity index (χ2v) is 7.62. The van der Waals surface area contributed by atoms with Gasteiger partial charge in [0.05, 0.1) is 16.3 Å². The second kappa shape index (κ2) is 6.32. The topological polar surface area (TPSA) is 50.3 Å². The van der Waals surface area contributed by atoms with Gasteiger partial charge < -0.3 is 0 Å². The Balaban J connectivity index is 2.12. The van der Waals surface area contributed by atoms with Gasteiger partial charge in [0.15, 0.2) is 0 Å². The summed E-state index contributed by atoms with van der Waals surface area (Å²) in [6, 6.07) is 10.7. The van der Waals surface area contributed by atoms with Crippen LogP contribution >= 0.6 is 0 Å². The SMILES string of the molecule is CCc1cc2c(nc1CC)CCCN2S(=O)(=O)c1ccccc1. The van der Waals surface area contributed by atoms with Crippen LogP contribution in [0.2, 0.25) is 0 Å². The number of sulfonamides is 1. The van der Waals surface area contributed by atoms with Crippen molar-refractivity contribution in [2.75, 3.05) is 10.8 Å². The van der Waals surface area contributed by atoms with E-state index in [0.29, 0.717) is 11.4 Å². The molecule has 2 heterocycles. The molecule has 0 unspecified atom stereocenters. The molecule has 0 saturated carbocycles. The van der Waals surface area contributed by atoms with E-state index < -0.39 is 10.0 Å². The molecule has 0 aliphatic carbocycles. The maximum Gasteiger partial charge on any atom is 0.264 e. The van der Waals surface area contributed by atoms with Gasteiger partial charge in [-0.05, 0) is 49.4 Å². The van der Waals surface area contributed by atoms with Gasteiger partial charge in [0.2, 0.25) is 0 Å². The summed E-state index contributed by atoms with van der Waals surface area (Å²) in [5.74, 6) is 0. The number of hydrogen-bond acceptors (Lipinski definition) is 3. The van der Waals surface area contributed by atoms with Crippen LogP contribution in [0.15, 0.2) is 41.3 Å². The van der Waals surface area contributed by atoms with E-state index in [0.717, 1.165) is 48.3 Å². The Morgan fingerprint density at radius 3 is 2.52 bits per heavy atom. The summed E-state index contributed by atoms with van der Waals surface area (Å²) in [6.45, 7) is 4.69. The fourth-order valence-electron chi connectivity index (χ4n) is 3.12. The first kappa shape index (κ1) is 16.0. The average Bonchev–Trinajstić information content (AvgIpc) is 2.60. The molecule has 122 valence electrons. The molecule has 5 heteroatoms. The van der Waals surface area contributed by atoms with Crippen LogP contribution in [0.5, 0.6) is 0 Å². The summed E-state index contributed by atoms with van der Waals surface area (Å²) in [5.41, 5.74) is 3.89. The van der Waals surface area contributed by atoms with Gasteiger partial charge in [-0.15, -0.1) is 0 Å². The van der Waals surface area contributed by atoms with Crippen molar-refractivity contribution >= 4 is 15.7 Å². The normalized spacial score (nSPS) is 14.6. The molecule has 4 nitrogen and oxygen atoms in total. The number of aromatic nitrogens is 1. The van der Waals surface area contributed by atoms with Crippen molar-refractivity contribution in [2.45, 2.75) is 44.4 Å². The van der Waals surface area contributed by atoms with E-state index in [4.69, 9.17) is 4.98 Å². The van der Waals surface area contributed by atoms with Gasteiger partial charge in [-0.25, -0.2) is 8.42 Å². The summed E-state index contributed by atoms with van der Waals surface area (Å²) in [6.07, 6.45) is 3.39. The molecule has 1 aliphatic heterocycles. The number of aryl methyl sites for hydroxylation is 3. The van der Waals surface area contributed by atoms with Crippen LogP contribution in [0.3, 0.4) is 0 Å². The number of benzene rings is 1. The van der Waals surface area contributed by atoms with E-state index in [9.17, 15) is 8.42 Å². The van der Waals surface area contributed by atoms with Crippen LogP contribution < -0.4 is 4.31 Å². The van der Waals surface area contributed by atoms with Crippen molar-refractivity contribution in [1.29, 1.82) is 0 Å². The lowest BCUT2D eigenvalue weighted by Crippen LogP contribution is -2.36. The highest BCUT2D eigenvalue weighted by Crippen LogP contribution is 2.32. The zero-order valence-electron chi connectivity index (χ0n) is 13.6. The highest BCUT2D eigenvalue weighted by molar-refractivity contribution is 7.92. The van der Waals surface area contributed by atoms with Gasteiger partial charge in [-0.3, -0.25) is 9.29 Å². The predicted octanol–water partition coefficient (Wildman–Crippen LogP) is 3.35. The molecule has 0 radical (unpaired) electrons. The Hall–Kier alpha value is -1.88. The minimum absolute atomic E-state index is 0.338. The summed E-state index contributed by atoms with van der Waals surface area (Å²) < 4.78 is 27.5. The van der Waals surface area contributed by atoms with Crippen LogP contribution in [0, 0.1) is 0 Å². The molecule has 0 saturated heterocycles. The highest BCUT2D eigenvalue weighted by atomic mass is 32.2. The molecule has 1 aromatic heterocycles. The standard InChI is InChI=1S/C18H22N2O2S/c1-3-14-13-18-17(19-16(14)4-2)11-8-12-20(18)23(21,22)15-9-6-5-7-10-15/h5-7,9-10,13H,3-4,8,11-12H2,1-2H3. The van der Waals surface area contributed by atoms with Crippen LogP contribution in [0.4, 0.5) is 5.69 Å². The van der Waals surface area contributed by atoms with Crippen molar-refractivity contribution in [1.82, 2.24) is 4.98 Å². The number of anilines is 1. The van der Waals surface area contributed by atoms with Crippen LogP contribution in [-0.4, -0.2) is 19.9 Å². The van der Waals surface area contributed by atoms with E-state index in [1.807, 2.05) is 12.1 Å². The van der Waals surface area contributed by atoms with Gasteiger partial charge in [0.25, 0.3) is 10.0 Å². The van der Waals surface area contributed by atoms with Crippen LogP contribution in [0.1, 0.15) is 37.2 Å². The average molecular weight is 330 g/mol. The predicted molar refractivity (Wildman–Crippen MR) is 92.3 cm³/mol. The van der Waals surface area contributed by atoms with Crippen molar-refractivity contribution in [3.05, 3.63) is 53.3 Å². The molecular weight excluding hydrogens is 308 g/mol. The van der Waals surface area contributed by atoms with Gasteiger partial charge in [0, 0.05) is 12.2 Å². The summed E-state index contributed by atoms with van der Waals surface area (Å²) in [4.78, 5) is 5.09. The third-order valence-electron chi connectivity index (χ3n) is 4.34. The van der Waals surface area contributed by atoms with Gasteiger partial charge in [-0.2, -0.15) is 0 Å². The third-order valence-corrected chi connectivity index (χ3v) is 6.17. The molecular formula is C18H22N2O2S. The Morgan fingerprint density at radius 2 is 1.87 bits per heavy atom. The summed E-state index contributed by atoms with van der Waals surface area (Å²) >= 11 is 0. The number of fused-ring (bicyclic) bond motifs is 1. The lowest BCUT2D eigenvalue weighted by Gasteiger charge is -2.31. The zero-order valence-corrected chi connectivity index (χ0v) is 14.4. The molecule has 0 spiro atoms. The van der Waals surface area contributed by atoms with Crippen molar-refractivity contribution in [2.24, 2.45) is 0 Å². The number of hydrogen-bond donors (Lipinski definition) is 0. The highest BCUT2D eigenvalue weighted by Gasteiger charge is 2.30. The van der Waals surface area contributed by atoms with E-state index >= 15 is 0 Å². The van der Waals surface area contributed by atoms with Gasteiger partial charge >= 0.3 is 0 Å². The molecule has 1 aliphatic rings. The lowest BCUT2D eigenvalue weighted by molar-refractivity contribution is 0.585. The van der Waals surface area contributed by atoms with Crippen molar-refractivity contribution in [3.8, 4) is 0 Å². The third kappa shape index (κ3) is 2.85. The fourth-order valence-corrected chi connectivity index (χ4v) is 4.66. The second-order valence-electron chi connectivity index (χ2n) is 5.76. The largest absolute Gasteiger partial charge is 0.264 e. The van der Waals surface area contributed by atoms with E-state index in [1.165, 1.54) is 4.31 Å². The summed E-state index contributed by atoms with van der Waals surface area (Å²) in [5, 5.41) is 0. The van der Waals surface area contributed by atoms with E-state index in [1.54, 1.807) is 24.3 Å². The maximum absolute atomic E-state index is 13.0. The molecule has 0 fully saturated rings. The first-order valence-corrected chi connectivity index (χ1v) is 9.61. The zero-order chi connectivity index (χ0) is 16.4. The molecule has 1 aromatic carbocycles. The first-order chi connectivity index (χ1) is 11.1. The lowest BCUT2D eigenvalue weighted by atomic mass is 10.0.